The summed E-state index contributed by atoms with van der Waals surface area (Å²) in [6, 6.07) is 0. The average Bonchev–Trinajstić information content (AvgIpc) is 2.16. The van der Waals surface area contributed by atoms with E-state index in [2.05, 4.69) is 13.8 Å². The van der Waals surface area contributed by atoms with E-state index >= 15 is 0 Å². The second-order valence-corrected chi connectivity index (χ2v) is 5.09. The normalized spacial score (nSPS) is 31.6. The van der Waals surface area contributed by atoms with E-state index in [9.17, 15) is 0 Å². The molecule has 0 aliphatic heterocycles. The molecule has 0 nitrogen and oxygen atoms in total. The van der Waals surface area contributed by atoms with Gasteiger partial charge < -0.3 is 0 Å². The monoisotopic (exact) mass is 202 g/mol. The van der Waals surface area contributed by atoms with Crippen LogP contribution in [0.5, 0.6) is 0 Å². The van der Waals surface area contributed by atoms with Gasteiger partial charge in [0, 0.05) is 5.38 Å². The molecule has 0 aromatic rings. The first-order valence-electron chi connectivity index (χ1n) is 5.92. The lowest BCUT2D eigenvalue weighted by molar-refractivity contribution is 0.231. The lowest BCUT2D eigenvalue weighted by Crippen LogP contribution is -2.21. The van der Waals surface area contributed by atoms with Gasteiger partial charge >= 0.3 is 0 Å². The predicted molar refractivity (Wildman–Crippen MR) is 60.3 cm³/mol. The Morgan fingerprint density at radius 3 is 2.23 bits per heavy atom. The molecular weight excluding hydrogens is 180 g/mol. The van der Waals surface area contributed by atoms with Crippen LogP contribution in [-0.2, 0) is 0 Å². The van der Waals surface area contributed by atoms with Crippen molar-refractivity contribution in [1.29, 1.82) is 0 Å². The van der Waals surface area contributed by atoms with Crippen LogP contribution in [0, 0.1) is 11.8 Å². The molecule has 0 heterocycles. The van der Waals surface area contributed by atoms with E-state index in [1.807, 2.05) is 0 Å². The Balaban J connectivity index is 2.32. The molecule has 1 unspecified atom stereocenters. The smallest absolute Gasteiger partial charge is 0.0336 e. The van der Waals surface area contributed by atoms with E-state index in [0.29, 0.717) is 5.38 Å². The Morgan fingerprint density at radius 1 is 1.15 bits per heavy atom. The molecule has 1 rings (SSSR count). The van der Waals surface area contributed by atoms with Crippen molar-refractivity contribution >= 4 is 11.6 Å². The zero-order chi connectivity index (χ0) is 9.68. The lowest BCUT2D eigenvalue weighted by atomic mass is 9.77. The minimum Gasteiger partial charge on any atom is -0.123 e. The molecule has 1 aliphatic carbocycles. The molecule has 0 radical (unpaired) electrons. The van der Waals surface area contributed by atoms with Gasteiger partial charge in [-0.25, -0.2) is 0 Å². The van der Waals surface area contributed by atoms with Crippen LogP contribution in [0.3, 0.4) is 0 Å². The Kier molecular flexibility index (Phi) is 5.16. The second kappa shape index (κ2) is 5.90. The topological polar surface area (TPSA) is 0 Å². The summed E-state index contributed by atoms with van der Waals surface area (Å²) in [4.78, 5) is 0. The molecule has 0 aromatic heterocycles. The summed E-state index contributed by atoms with van der Waals surface area (Å²) in [5.74, 6) is 1.97. The van der Waals surface area contributed by atoms with Crippen molar-refractivity contribution in [1.82, 2.24) is 0 Å². The minimum atomic E-state index is 0.482. The quantitative estimate of drug-likeness (QED) is 0.584. The van der Waals surface area contributed by atoms with Crippen LogP contribution >= 0.6 is 11.6 Å². The highest BCUT2D eigenvalue weighted by Crippen LogP contribution is 2.35. The van der Waals surface area contributed by atoms with Gasteiger partial charge in [-0.2, -0.15) is 0 Å². The van der Waals surface area contributed by atoms with Gasteiger partial charge in [-0.15, -0.1) is 11.6 Å². The largest absolute Gasteiger partial charge is 0.123 e. The Hall–Kier alpha value is 0.290. The Labute approximate surface area is 88.1 Å². The van der Waals surface area contributed by atoms with E-state index in [1.165, 1.54) is 44.9 Å². The highest BCUT2D eigenvalue weighted by Gasteiger charge is 2.24. The van der Waals surface area contributed by atoms with E-state index in [0.717, 1.165) is 11.8 Å². The molecule has 1 fully saturated rings. The lowest BCUT2D eigenvalue weighted by Gasteiger charge is -2.31. The first-order chi connectivity index (χ1) is 6.27. The van der Waals surface area contributed by atoms with Crippen molar-refractivity contribution in [3.8, 4) is 0 Å². The van der Waals surface area contributed by atoms with Gasteiger partial charge in [0.25, 0.3) is 0 Å². The fourth-order valence-corrected chi connectivity index (χ4v) is 2.95. The number of hydrogen-bond donors (Lipinski definition) is 0. The summed E-state index contributed by atoms with van der Waals surface area (Å²) < 4.78 is 0. The molecule has 1 heteroatoms. The third kappa shape index (κ3) is 3.50. The van der Waals surface area contributed by atoms with Crippen LogP contribution in [0.4, 0.5) is 0 Å². The summed E-state index contributed by atoms with van der Waals surface area (Å²) in [5, 5.41) is 0.482. The molecule has 1 saturated carbocycles. The zero-order valence-corrected chi connectivity index (χ0v) is 9.82. The summed E-state index contributed by atoms with van der Waals surface area (Å²) in [6.07, 6.45) is 9.41. The van der Waals surface area contributed by atoms with Crippen LogP contribution in [0.1, 0.15) is 58.8 Å². The van der Waals surface area contributed by atoms with Gasteiger partial charge in [-0.05, 0) is 37.5 Å². The second-order valence-electron chi connectivity index (χ2n) is 4.47. The Bertz CT molecular complexity index is 125. The van der Waals surface area contributed by atoms with Gasteiger partial charge in [-0.3, -0.25) is 0 Å². The van der Waals surface area contributed by atoms with Crippen LogP contribution in [0.2, 0.25) is 0 Å². The molecule has 1 atom stereocenters. The molecular formula is C12H23Cl. The van der Waals surface area contributed by atoms with Gasteiger partial charge in [-0.1, -0.05) is 33.1 Å². The van der Waals surface area contributed by atoms with Gasteiger partial charge in [0.15, 0.2) is 0 Å². The van der Waals surface area contributed by atoms with Crippen LogP contribution < -0.4 is 0 Å². The van der Waals surface area contributed by atoms with Gasteiger partial charge in [0.2, 0.25) is 0 Å². The molecule has 1 aliphatic rings. The maximum atomic E-state index is 6.11. The minimum absolute atomic E-state index is 0.482. The first kappa shape index (κ1) is 11.4. The molecule has 0 aromatic carbocycles. The van der Waals surface area contributed by atoms with E-state index in [-0.39, 0.29) is 0 Å². The highest BCUT2D eigenvalue weighted by atomic mass is 35.5. The van der Waals surface area contributed by atoms with E-state index in [4.69, 9.17) is 11.6 Å². The average molecular weight is 203 g/mol. The van der Waals surface area contributed by atoms with Crippen molar-refractivity contribution in [2.75, 3.05) is 0 Å². The van der Waals surface area contributed by atoms with Crippen LogP contribution in [-0.4, -0.2) is 5.38 Å². The zero-order valence-electron chi connectivity index (χ0n) is 9.06. The molecule has 0 saturated heterocycles. The molecule has 0 spiro atoms. The molecule has 0 amide bonds. The number of halogens is 1. The number of alkyl halides is 1. The first-order valence-corrected chi connectivity index (χ1v) is 6.35. The van der Waals surface area contributed by atoms with Crippen LogP contribution in [0.25, 0.3) is 0 Å². The molecule has 0 N–H and O–H groups in total. The van der Waals surface area contributed by atoms with Crippen LogP contribution in [0.15, 0.2) is 0 Å². The SMILES string of the molecule is CCCC(CC)C1CCC(Cl)CC1. The number of rotatable bonds is 4. The number of hydrogen-bond acceptors (Lipinski definition) is 0. The van der Waals surface area contributed by atoms with Gasteiger partial charge in [0.1, 0.15) is 0 Å². The summed E-state index contributed by atoms with van der Waals surface area (Å²) in [7, 11) is 0. The van der Waals surface area contributed by atoms with Crippen molar-refractivity contribution < 1.29 is 0 Å². The maximum absolute atomic E-state index is 6.11. The van der Waals surface area contributed by atoms with Crippen molar-refractivity contribution in [2.45, 2.75) is 64.2 Å². The highest BCUT2D eigenvalue weighted by molar-refractivity contribution is 6.20. The maximum Gasteiger partial charge on any atom is 0.0336 e. The fourth-order valence-electron chi connectivity index (χ4n) is 2.69. The third-order valence-electron chi connectivity index (χ3n) is 3.55. The Morgan fingerprint density at radius 2 is 1.77 bits per heavy atom. The summed E-state index contributed by atoms with van der Waals surface area (Å²) >= 11 is 6.11. The van der Waals surface area contributed by atoms with E-state index in [1.54, 1.807) is 0 Å². The molecule has 0 bridgehead atoms. The molecule has 78 valence electrons. The fraction of sp³-hybridized carbons (Fsp3) is 1.00. The molecule has 13 heavy (non-hydrogen) atoms. The van der Waals surface area contributed by atoms with Gasteiger partial charge in [0.05, 0.1) is 0 Å². The van der Waals surface area contributed by atoms with Crippen molar-refractivity contribution in [3.05, 3.63) is 0 Å². The van der Waals surface area contributed by atoms with Crippen molar-refractivity contribution in [3.63, 3.8) is 0 Å². The third-order valence-corrected chi connectivity index (χ3v) is 3.99. The van der Waals surface area contributed by atoms with Crippen molar-refractivity contribution in [2.24, 2.45) is 11.8 Å². The summed E-state index contributed by atoms with van der Waals surface area (Å²) in [6.45, 7) is 4.64. The standard InChI is InChI=1S/C12H23Cl/c1-3-5-10(4-2)11-6-8-12(13)9-7-11/h10-12H,3-9H2,1-2H3. The predicted octanol–water partition coefficient (Wildman–Crippen LogP) is 4.61. The van der Waals surface area contributed by atoms with E-state index < -0.39 is 0 Å². The summed E-state index contributed by atoms with van der Waals surface area (Å²) in [5.41, 5.74) is 0.